The molecule has 0 bridgehead atoms. The Morgan fingerprint density at radius 2 is 1.80 bits per heavy atom. The van der Waals surface area contributed by atoms with Gasteiger partial charge in [0.25, 0.3) is 0 Å². The van der Waals surface area contributed by atoms with Crippen molar-refractivity contribution in [1.29, 1.82) is 0 Å². The average Bonchev–Trinajstić information content (AvgIpc) is 2.57. The van der Waals surface area contributed by atoms with Gasteiger partial charge in [0.2, 0.25) is 15.9 Å². The lowest BCUT2D eigenvalue weighted by atomic mass is 10.1. The molecule has 0 unspecified atom stereocenters. The first-order valence-electron chi connectivity index (χ1n) is 7.58. The number of benzene rings is 2. The van der Waals surface area contributed by atoms with Gasteiger partial charge in [-0.3, -0.25) is 4.79 Å². The van der Waals surface area contributed by atoms with E-state index in [1.54, 1.807) is 0 Å². The van der Waals surface area contributed by atoms with Gasteiger partial charge < -0.3 is 5.32 Å². The van der Waals surface area contributed by atoms with Crippen LogP contribution < -0.4 is 10.0 Å². The van der Waals surface area contributed by atoms with E-state index in [0.717, 1.165) is 5.56 Å². The van der Waals surface area contributed by atoms with Gasteiger partial charge >= 0.3 is 0 Å². The van der Waals surface area contributed by atoms with Crippen molar-refractivity contribution in [3.63, 3.8) is 0 Å². The minimum absolute atomic E-state index is 0.0357. The molecule has 0 saturated heterocycles. The number of hydrogen-bond acceptors (Lipinski definition) is 3. The van der Waals surface area contributed by atoms with Crippen LogP contribution in [0.3, 0.4) is 0 Å². The van der Waals surface area contributed by atoms with Gasteiger partial charge in [-0.2, -0.15) is 4.72 Å². The zero-order valence-electron chi connectivity index (χ0n) is 13.5. The van der Waals surface area contributed by atoms with Gasteiger partial charge in [-0.15, -0.1) is 0 Å². The molecular weight excluding hydrogens is 383 g/mol. The second kappa shape index (κ2) is 8.67. The molecule has 0 fully saturated rings. The van der Waals surface area contributed by atoms with Crippen molar-refractivity contribution in [3.05, 3.63) is 64.1 Å². The third-order valence-corrected chi connectivity index (χ3v) is 5.72. The summed E-state index contributed by atoms with van der Waals surface area (Å²) in [4.78, 5) is 11.9. The highest BCUT2D eigenvalue weighted by atomic mass is 35.5. The van der Waals surface area contributed by atoms with Crippen molar-refractivity contribution in [2.75, 3.05) is 6.54 Å². The molecule has 0 aliphatic heterocycles. The number of rotatable bonds is 7. The second-order valence-electron chi connectivity index (χ2n) is 5.44. The maximum Gasteiger partial charge on any atom is 0.242 e. The Morgan fingerprint density at radius 1 is 1.12 bits per heavy atom. The van der Waals surface area contributed by atoms with Gasteiger partial charge in [-0.05, 0) is 37.1 Å². The fraction of sp³-hybridized carbons (Fsp3) is 0.235. The number of hydrogen-bond donors (Lipinski definition) is 2. The first-order valence-corrected chi connectivity index (χ1v) is 9.82. The Kier molecular flexibility index (Phi) is 6.84. The Labute approximate surface area is 157 Å². The summed E-state index contributed by atoms with van der Waals surface area (Å²) in [6, 6.07) is 12.8. The first-order chi connectivity index (χ1) is 11.8. The summed E-state index contributed by atoms with van der Waals surface area (Å²) < 4.78 is 27.1. The maximum atomic E-state index is 12.4. The van der Waals surface area contributed by atoms with E-state index in [2.05, 4.69) is 10.0 Å². The van der Waals surface area contributed by atoms with Crippen molar-refractivity contribution in [2.24, 2.45) is 0 Å². The molecule has 0 spiro atoms. The molecule has 1 amide bonds. The van der Waals surface area contributed by atoms with E-state index in [1.165, 1.54) is 25.1 Å². The summed E-state index contributed by atoms with van der Waals surface area (Å²) in [5.41, 5.74) is 1.08. The van der Waals surface area contributed by atoms with Crippen LogP contribution >= 0.6 is 23.2 Å². The van der Waals surface area contributed by atoms with Crippen LogP contribution in [-0.4, -0.2) is 26.9 Å². The number of sulfonamides is 1. The molecule has 0 saturated carbocycles. The molecule has 0 aromatic heterocycles. The zero-order chi connectivity index (χ0) is 18.4. The molecule has 0 aliphatic carbocycles. The minimum Gasteiger partial charge on any atom is -0.354 e. The topological polar surface area (TPSA) is 75.3 Å². The summed E-state index contributed by atoms with van der Waals surface area (Å²) in [7, 11) is -3.96. The quantitative estimate of drug-likeness (QED) is 0.749. The molecular formula is C17H18Cl2N2O3S. The van der Waals surface area contributed by atoms with E-state index in [4.69, 9.17) is 23.2 Å². The monoisotopic (exact) mass is 400 g/mol. The van der Waals surface area contributed by atoms with Crippen LogP contribution in [0.4, 0.5) is 0 Å². The van der Waals surface area contributed by atoms with Crippen LogP contribution in [0.1, 0.15) is 12.5 Å². The molecule has 5 nitrogen and oxygen atoms in total. The molecule has 2 aromatic carbocycles. The predicted molar refractivity (Wildman–Crippen MR) is 99.4 cm³/mol. The van der Waals surface area contributed by atoms with Gasteiger partial charge in [-0.25, -0.2) is 8.42 Å². The number of halogens is 2. The highest BCUT2D eigenvalue weighted by molar-refractivity contribution is 7.89. The normalized spacial score (nSPS) is 12.6. The molecule has 25 heavy (non-hydrogen) atoms. The molecule has 0 aliphatic rings. The lowest BCUT2D eigenvalue weighted by molar-refractivity contribution is -0.122. The van der Waals surface area contributed by atoms with Crippen molar-refractivity contribution in [3.8, 4) is 0 Å². The Bertz CT molecular complexity index is 842. The first kappa shape index (κ1) is 19.7. The third kappa shape index (κ3) is 5.71. The number of carbonyl (C=O) groups excluding carboxylic acids is 1. The van der Waals surface area contributed by atoms with E-state index in [9.17, 15) is 13.2 Å². The summed E-state index contributed by atoms with van der Waals surface area (Å²) in [6.45, 7) is 1.88. The molecule has 2 aromatic rings. The highest BCUT2D eigenvalue weighted by Gasteiger charge is 2.24. The molecule has 0 heterocycles. The fourth-order valence-electron chi connectivity index (χ4n) is 2.16. The van der Waals surface area contributed by atoms with Crippen LogP contribution in [0.2, 0.25) is 10.0 Å². The van der Waals surface area contributed by atoms with Crippen molar-refractivity contribution >= 4 is 39.1 Å². The molecule has 2 N–H and O–H groups in total. The second-order valence-corrected chi connectivity index (χ2v) is 7.97. The molecule has 8 heteroatoms. The van der Waals surface area contributed by atoms with Gasteiger partial charge in [0.1, 0.15) is 4.90 Å². The van der Waals surface area contributed by atoms with E-state index in [1.807, 2.05) is 30.3 Å². The van der Waals surface area contributed by atoms with E-state index >= 15 is 0 Å². The van der Waals surface area contributed by atoms with Crippen molar-refractivity contribution < 1.29 is 13.2 Å². The number of carbonyl (C=O) groups is 1. The number of nitrogens with one attached hydrogen (secondary N) is 2. The van der Waals surface area contributed by atoms with E-state index < -0.39 is 22.0 Å². The van der Waals surface area contributed by atoms with Gasteiger partial charge in [0.05, 0.1) is 11.1 Å². The molecule has 2 rings (SSSR count). The summed E-state index contributed by atoms with van der Waals surface area (Å²) in [5, 5.41) is 2.98. The number of amides is 1. The van der Waals surface area contributed by atoms with E-state index in [0.29, 0.717) is 13.0 Å². The Balaban J connectivity index is 1.94. The minimum atomic E-state index is -3.96. The van der Waals surface area contributed by atoms with Crippen LogP contribution in [-0.2, 0) is 21.2 Å². The summed E-state index contributed by atoms with van der Waals surface area (Å²) in [6.07, 6.45) is 0.659. The lowest BCUT2D eigenvalue weighted by Crippen LogP contribution is -2.45. The average molecular weight is 401 g/mol. The third-order valence-electron chi connectivity index (χ3n) is 3.46. The van der Waals surface area contributed by atoms with Gasteiger partial charge in [0, 0.05) is 11.6 Å². The zero-order valence-corrected chi connectivity index (χ0v) is 15.8. The van der Waals surface area contributed by atoms with Crippen LogP contribution in [0.15, 0.2) is 53.4 Å². The van der Waals surface area contributed by atoms with Crippen LogP contribution in [0.5, 0.6) is 0 Å². The van der Waals surface area contributed by atoms with Crippen LogP contribution in [0.25, 0.3) is 0 Å². The highest BCUT2D eigenvalue weighted by Crippen LogP contribution is 2.24. The van der Waals surface area contributed by atoms with E-state index in [-0.39, 0.29) is 14.9 Å². The van der Waals surface area contributed by atoms with Gasteiger partial charge in [-0.1, -0.05) is 53.5 Å². The van der Waals surface area contributed by atoms with Crippen LogP contribution in [0, 0.1) is 0 Å². The Hall–Kier alpha value is -1.60. The lowest BCUT2D eigenvalue weighted by Gasteiger charge is -2.15. The van der Waals surface area contributed by atoms with Crippen molar-refractivity contribution in [1.82, 2.24) is 10.0 Å². The summed E-state index contributed by atoms with van der Waals surface area (Å²) in [5.74, 6) is -0.419. The molecule has 0 radical (unpaired) electrons. The van der Waals surface area contributed by atoms with Gasteiger partial charge in [0.15, 0.2) is 0 Å². The SMILES string of the molecule is C[C@H](NS(=O)(=O)c1cc(Cl)ccc1Cl)C(=O)NCCc1ccccc1. The van der Waals surface area contributed by atoms with Crippen molar-refractivity contribution in [2.45, 2.75) is 24.3 Å². The largest absolute Gasteiger partial charge is 0.354 e. The fourth-order valence-corrected chi connectivity index (χ4v) is 4.13. The molecule has 134 valence electrons. The molecule has 1 atom stereocenters. The maximum absolute atomic E-state index is 12.4. The summed E-state index contributed by atoms with van der Waals surface area (Å²) >= 11 is 11.7. The standard InChI is InChI=1S/C17H18Cl2N2O3S/c1-12(17(22)20-10-9-13-5-3-2-4-6-13)21-25(23,24)16-11-14(18)7-8-15(16)19/h2-8,11-12,21H,9-10H2,1H3,(H,20,22)/t12-/m0/s1. The Morgan fingerprint density at radius 3 is 2.48 bits per heavy atom. The predicted octanol–water partition coefficient (Wildman–Crippen LogP) is 3.02. The smallest absolute Gasteiger partial charge is 0.242 e.